The van der Waals surface area contributed by atoms with Crippen molar-refractivity contribution < 1.29 is 0 Å². The molecule has 0 aromatic heterocycles. The predicted molar refractivity (Wildman–Crippen MR) is 78.0 cm³/mol. The Hall–Kier alpha value is -0.570. The van der Waals surface area contributed by atoms with Crippen molar-refractivity contribution in [2.75, 3.05) is 13.1 Å². The van der Waals surface area contributed by atoms with Crippen LogP contribution in [0.3, 0.4) is 0 Å². The van der Waals surface area contributed by atoms with Gasteiger partial charge in [-0.3, -0.25) is 4.90 Å². The van der Waals surface area contributed by atoms with Crippen molar-refractivity contribution in [1.82, 2.24) is 10.2 Å². The molecule has 0 radical (unpaired) electrons. The molecular formula is C15H23ClN2. The molecule has 1 aromatic carbocycles. The van der Waals surface area contributed by atoms with Gasteiger partial charge in [-0.05, 0) is 37.9 Å². The van der Waals surface area contributed by atoms with Crippen molar-refractivity contribution in [3.8, 4) is 0 Å². The van der Waals surface area contributed by atoms with E-state index in [-0.39, 0.29) is 0 Å². The Morgan fingerprint density at radius 2 is 2.17 bits per heavy atom. The number of hydrogen-bond donors (Lipinski definition) is 1. The van der Waals surface area contributed by atoms with E-state index in [2.05, 4.69) is 36.2 Å². The monoisotopic (exact) mass is 266 g/mol. The highest BCUT2D eigenvalue weighted by Gasteiger charge is 2.24. The van der Waals surface area contributed by atoms with Gasteiger partial charge in [-0.25, -0.2) is 0 Å². The molecule has 18 heavy (non-hydrogen) atoms. The Kier molecular flexibility index (Phi) is 5.04. The molecule has 0 saturated carbocycles. The normalized spacial score (nSPS) is 25.3. The summed E-state index contributed by atoms with van der Waals surface area (Å²) in [6.07, 6.45) is 2.47. The molecule has 0 spiro atoms. The predicted octanol–water partition coefficient (Wildman–Crippen LogP) is 3.30. The molecule has 0 amide bonds. The molecule has 1 aliphatic rings. The van der Waals surface area contributed by atoms with Crippen LogP contribution in [0, 0.1) is 0 Å². The first-order valence-electron chi connectivity index (χ1n) is 6.91. The fourth-order valence-corrected chi connectivity index (χ4v) is 2.97. The average molecular weight is 267 g/mol. The fourth-order valence-electron chi connectivity index (χ4n) is 2.78. The van der Waals surface area contributed by atoms with Crippen LogP contribution in [0.5, 0.6) is 0 Å². The smallest absolute Gasteiger partial charge is 0.0451 e. The minimum Gasteiger partial charge on any atom is -0.314 e. The van der Waals surface area contributed by atoms with Gasteiger partial charge < -0.3 is 5.32 Å². The van der Waals surface area contributed by atoms with Gasteiger partial charge in [0, 0.05) is 30.2 Å². The lowest BCUT2D eigenvalue weighted by Gasteiger charge is -2.38. The van der Waals surface area contributed by atoms with Crippen LogP contribution in [0.4, 0.5) is 0 Å². The second-order valence-electron chi connectivity index (χ2n) is 5.19. The first-order valence-corrected chi connectivity index (χ1v) is 7.29. The second kappa shape index (κ2) is 6.55. The summed E-state index contributed by atoms with van der Waals surface area (Å²) in [6, 6.07) is 9.48. The zero-order valence-corrected chi connectivity index (χ0v) is 12.1. The molecule has 1 aromatic rings. The Bertz CT molecular complexity index is 381. The molecule has 1 saturated heterocycles. The number of piperidine rings is 1. The number of rotatable bonds is 4. The van der Waals surface area contributed by atoms with E-state index in [0.29, 0.717) is 12.1 Å². The summed E-state index contributed by atoms with van der Waals surface area (Å²) in [6.45, 7) is 7.70. The maximum atomic E-state index is 6.23. The van der Waals surface area contributed by atoms with Gasteiger partial charge in [0.15, 0.2) is 0 Å². The van der Waals surface area contributed by atoms with Gasteiger partial charge in [0.1, 0.15) is 0 Å². The van der Waals surface area contributed by atoms with Crippen molar-refractivity contribution >= 4 is 11.6 Å². The van der Waals surface area contributed by atoms with E-state index in [1.165, 1.54) is 18.4 Å². The van der Waals surface area contributed by atoms with Gasteiger partial charge in [-0.15, -0.1) is 0 Å². The lowest BCUT2D eigenvalue weighted by atomic mass is 9.97. The molecule has 2 atom stereocenters. The maximum absolute atomic E-state index is 6.23. The molecule has 2 unspecified atom stereocenters. The Morgan fingerprint density at radius 3 is 2.83 bits per heavy atom. The van der Waals surface area contributed by atoms with E-state index in [9.17, 15) is 0 Å². The highest BCUT2D eigenvalue weighted by atomic mass is 35.5. The molecule has 3 heteroatoms. The first kappa shape index (κ1) is 13.9. The van der Waals surface area contributed by atoms with Crippen molar-refractivity contribution in [3.05, 3.63) is 34.9 Å². The summed E-state index contributed by atoms with van der Waals surface area (Å²) >= 11 is 6.23. The van der Waals surface area contributed by atoms with Crippen LogP contribution in [0.15, 0.2) is 24.3 Å². The zero-order chi connectivity index (χ0) is 13.0. The first-order chi connectivity index (χ1) is 8.70. The minimum atomic E-state index is 0.624. The zero-order valence-electron chi connectivity index (χ0n) is 11.3. The van der Waals surface area contributed by atoms with E-state index in [4.69, 9.17) is 11.6 Å². The van der Waals surface area contributed by atoms with Crippen LogP contribution < -0.4 is 5.32 Å². The Balaban J connectivity index is 1.93. The van der Waals surface area contributed by atoms with E-state index < -0.39 is 0 Å². The van der Waals surface area contributed by atoms with E-state index in [1.54, 1.807) is 0 Å². The third kappa shape index (κ3) is 3.47. The highest BCUT2D eigenvalue weighted by molar-refractivity contribution is 6.31. The lowest BCUT2D eigenvalue weighted by Crippen LogP contribution is -2.46. The van der Waals surface area contributed by atoms with Crippen LogP contribution in [-0.4, -0.2) is 30.1 Å². The largest absolute Gasteiger partial charge is 0.314 e. The molecule has 1 aliphatic heterocycles. The number of hydrogen-bond acceptors (Lipinski definition) is 2. The van der Waals surface area contributed by atoms with Crippen molar-refractivity contribution in [3.63, 3.8) is 0 Å². The number of benzene rings is 1. The Labute approximate surface area is 115 Å². The van der Waals surface area contributed by atoms with Gasteiger partial charge in [0.25, 0.3) is 0 Å². The van der Waals surface area contributed by atoms with Crippen LogP contribution >= 0.6 is 11.6 Å². The summed E-state index contributed by atoms with van der Waals surface area (Å²) in [4.78, 5) is 2.54. The molecule has 2 rings (SSSR count). The average Bonchev–Trinajstić information content (AvgIpc) is 2.35. The topological polar surface area (TPSA) is 15.3 Å². The number of halogens is 1. The maximum Gasteiger partial charge on any atom is 0.0451 e. The molecule has 1 fully saturated rings. The van der Waals surface area contributed by atoms with Crippen LogP contribution in [0.2, 0.25) is 5.02 Å². The highest BCUT2D eigenvalue weighted by Crippen LogP contribution is 2.23. The molecule has 1 N–H and O–H groups in total. The SMILES string of the molecule is CCNC1CCN(Cc2ccccc2Cl)C(C)C1. The molecule has 0 aliphatic carbocycles. The van der Waals surface area contributed by atoms with Crippen LogP contribution in [-0.2, 0) is 6.54 Å². The number of likely N-dealkylation sites (tertiary alicyclic amines) is 1. The third-order valence-electron chi connectivity index (χ3n) is 3.84. The van der Waals surface area contributed by atoms with Gasteiger partial charge in [0.05, 0.1) is 0 Å². The lowest BCUT2D eigenvalue weighted by molar-refractivity contribution is 0.129. The van der Waals surface area contributed by atoms with Gasteiger partial charge in [-0.2, -0.15) is 0 Å². The van der Waals surface area contributed by atoms with Gasteiger partial charge in [0.2, 0.25) is 0 Å². The number of nitrogens with one attached hydrogen (secondary N) is 1. The minimum absolute atomic E-state index is 0.624. The summed E-state index contributed by atoms with van der Waals surface area (Å²) in [5, 5.41) is 4.45. The molecule has 100 valence electrons. The van der Waals surface area contributed by atoms with Crippen LogP contribution in [0.25, 0.3) is 0 Å². The second-order valence-corrected chi connectivity index (χ2v) is 5.60. The van der Waals surface area contributed by atoms with Crippen molar-refractivity contribution in [2.45, 2.75) is 45.3 Å². The van der Waals surface area contributed by atoms with E-state index in [0.717, 1.165) is 24.7 Å². The summed E-state index contributed by atoms with van der Waals surface area (Å²) in [7, 11) is 0. The summed E-state index contributed by atoms with van der Waals surface area (Å²) < 4.78 is 0. The van der Waals surface area contributed by atoms with E-state index >= 15 is 0 Å². The van der Waals surface area contributed by atoms with Crippen molar-refractivity contribution in [1.29, 1.82) is 0 Å². The standard InChI is InChI=1S/C15H23ClN2/c1-3-17-14-8-9-18(12(2)10-14)11-13-6-4-5-7-15(13)16/h4-7,12,14,17H,3,8-11H2,1-2H3. The van der Waals surface area contributed by atoms with Crippen LogP contribution in [0.1, 0.15) is 32.3 Å². The molecule has 2 nitrogen and oxygen atoms in total. The molecule has 1 heterocycles. The summed E-state index contributed by atoms with van der Waals surface area (Å²) in [5.74, 6) is 0. The Morgan fingerprint density at radius 1 is 1.39 bits per heavy atom. The molecule has 0 bridgehead atoms. The van der Waals surface area contributed by atoms with Crippen molar-refractivity contribution in [2.24, 2.45) is 0 Å². The third-order valence-corrected chi connectivity index (χ3v) is 4.21. The quantitative estimate of drug-likeness (QED) is 0.900. The van der Waals surface area contributed by atoms with Gasteiger partial charge >= 0.3 is 0 Å². The molecular weight excluding hydrogens is 244 g/mol. The van der Waals surface area contributed by atoms with Gasteiger partial charge in [-0.1, -0.05) is 36.7 Å². The van der Waals surface area contributed by atoms with E-state index in [1.807, 2.05) is 12.1 Å². The summed E-state index contributed by atoms with van der Waals surface area (Å²) in [5.41, 5.74) is 1.24. The fraction of sp³-hybridized carbons (Fsp3) is 0.600. The number of nitrogens with zero attached hydrogens (tertiary/aromatic N) is 1.